The molecule has 5 nitrogen and oxygen atoms in total. The second kappa shape index (κ2) is 4.41. The van der Waals surface area contributed by atoms with Gasteiger partial charge in [-0.2, -0.15) is 0 Å². The second-order valence-corrected chi connectivity index (χ2v) is 4.77. The van der Waals surface area contributed by atoms with Gasteiger partial charge in [0.1, 0.15) is 6.04 Å². The fourth-order valence-electron chi connectivity index (χ4n) is 2.23. The zero-order chi connectivity index (χ0) is 11.7. The molecule has 0 aromatic carbocycles. The summed E-state index contributed by atoms with van der Waals surface area (Å²) < 4.78 is 0. The van der Waals surface area contributed by atoms with Crippen LogP contribution < -0.4 is 5.73 Å². The van der Waals surface area contributed by atoms with Gasteiger partial charge in [-0.15, -0.1) is 0 Å². The molecule has 0 radical (unpaired) electrons. The maximum Gasteiger partial charge on any atom is 0.320 e. The smallest absolute Gasteiger partial charge is 0.320 e. The molecule has 1 amide bonds. The van der Waals surface area contributed by atoms with E-state index in [9.17, 15) is 14.7 Å². The quantitative estimate of drug-likeness (QED) is 0.655. The molecule has 0 aliphatic heterocycles. The van der Waals surface area contributed by atoms with Gasteiger partial charge in [-0.3, -0.25) is 14.5 Å². The fraction of sp³-hybridized carbons (Fsp3) is 0.818. The first kappa shape index (κ1) is 11.4. The third-order valence-electron chi connectivity index (χ3n) is 3.25. The van der Waals surface area contributed by atoms with Crippen LogP contribution in [0.2, 0.25) is 0 Å². The minimum absolute atomic E-state index is 0.160. The number of carbonyl (C=O) groups excluding carboxylic acids is 1. The third kappa shape index (κ3) is 2.72. The minimum atomic E-state index is -0.819. The summed E-state index contributed by atoms with van der Waals surface area (Å²) >= 11 is 0. The molecule has 0 bridgehead atoms. The van der Waals surface area contributed by atoms with Gasteiger partial charge in [-0.25, -0.2) is 0 Å². The molecule has 5 heteroatoms. The van der Waals surface area contributed by atoms with E-state index in [2.05, 4.69) is 4.90 Å². The molecule has 2 aliphatic carbocycles. The van der Waals surface area contributed by atoms with Gasteiger partial charge >= 0.3 is 5.97 Å². The molecular formula is C11H18N2O3. The van der Waals surface area contributed by atoms with Gasteiger partial charge in [0.05, 0.1) is 0 Å². The molecule has 0 aromatic rings. The minimum Gasteiger partial charge on any atom is -0.480 e. The summed E-state index contributed by atoms with van der Waals surface area (Å²) in [4.78, 5) is 24.1. The second-order valence-electron chi connectivity index (χ2n) is 4.77. The first-order chi connectivity index (χ1) is 7.59. The lowest BCUT2D eigenvalue weighted by Gasteiger charge is -2.28. The average molecular weight is 226 g/mol. The third-order valence-corrected chi connectivity index (χ3v) is 3.25. The van der Waals surface area contributed by atoms with Crippen LogP contribution in [0.3, 0.4) is 0 Å². The first-order valence-corrected chi connectivity index (χ1v) is 5.88. The van der Waals surface area contributed by atoms with Crippen LogP contribution in [0.1, 0.15) is 38.5 Å². The van der Waals surface area contributed by atoms with Crippen LogP contribution in [0.25, 0.3) is 0 Å². The Labute approximate surface area is 94.6 Å². The summed E-state index contributed by atoms with van der Waals surface area (Å²) in [6.07, 6.45) is 4.88. The van der Waals surface area contributed by atoms with Crippen molar-refractivity contribution >= 4 is 11.9 Å². The number of amides is 1. The molecule has 0 heterocycles. The molecule has 16 heavy (non-hydrogen) atoms. The maximum absolute atomic E-state index is 11.2. The van der Waals surface area contributed by atoms with E-state index in [1.54, 1.807) is 0 Å². The van der Waals surface area contributed by atoms with Gasteiger partial charge < -0.3 is 10.8 Å². The van der Waals surface area contributed by atoms with E-state index in [0.29, 0.717) is 18.5 Å². The molecule has 3 N–H and O–H groups in total. The molecule has 1 atom stereocenters. The Morgan fingerprint density at radius 3 is 2.06 bits per heavy atom. The van der Waals surface area contributed by atoms with Gasteiger partial charge in [0.2, 0.25) is 5.91 Å². The van der Waals surface area contributed by atoms with E-state index in [1.165, 1.54) is 0 Å². The topological polar surface area (TPSA) is 83.6 Å². The van der Waals surface area contributed by atoms with Crippen molar-refractivity contribution in [3.05, 3.63) is 0 Å². The molecule has 90 valence electrons. The van der Waals surface area contributed by atoms with Gasteiger partial charge in [-0.1, -0.05) is 0 Å². The predicted octanol–water partition coefficient (Wildman–Crippen LogP) is 0.332. The lowest BCUT2D eigenvalue weighted by atomic mass is 10.1. The van der Waals surface area contributed by atoms with Crippen molar-refractivity contribution in [2.45, 2.75) is 56.7 Å². The zero-order valence-electron chi connectivity index (χ0n) is 9.26. The summed E-state index contributed by atoms with van der Waals surface area (Å²) in [5, 5.41) is 9.22. The number of rotatable bonds is 7. The molecular weight excluding hydrogens is 208 g/mol. The summed E-state index contributed by atoms with van der Waals surface area (Å²) in [5.74, 6) is -1.24. The normalized spacial score (nSPS) is 22.1. The average Bonchev–Trinajstić information content (AvgIpc) is 3.03. The van der Waals surface area contributed by atoms with Crippen LogP contribution in [0, 0.1) is 0 Å². The van der Waals surface area contributed by atoms with Gasteiger partial charge in [0.25, 0.3) is 0 Å². The summed E-state index contributed by atoms with van der Waals surface area (Å²) in [7, 11) is 0. The van der Waals surface area contributed by atoms with Crippen LogP contribution in [0.4, 0.5) is 0 Å². The van der Waals surface area contributed by atoms with Crippen LogP contribution in [-0.2, 0) is 9.59 Å². The van der Waals surface area contributed by atoms with Crippen molar-refractivity contribution in [2.75, 3.05) is 0 Å². The highest BCUT2D eigenvalue weighted by molar-refractivity contribution is 5.77. The highest BCUT2D eigenvalue weighted by Crippen LogP contribution is 2.39. The van der Waals surface area contributed by atoms with E-state index in [0.717, 1.165) is 25.7 Å². The van der Waals surface area contributed by atoms with E-state index >= 15 is 0 Å². The number of hydrogen-bond acceptors (Lipinski definition) is 3. The van der Waals surface area contributed by atoms with Crippen LogP contribution in [0.5, 0.6) is 0 Å². The van der Waals surface area contributed by atoms with E-state index < -0.39 is 17.9 Å². The number of carboxylic acid groups (broad SMARTS) is 1. The standard InChI is InChI=1S/C11H18N2O3/c12-10(14)6-5-9(11(15)16)13(7-1-2-7)8-3-4-8/h7-9H,1-6H2,(H2,12,14)(H,15,16)/t9-/m0/s1. The largest absolute Gasteiger partial charge is 0.480 e. The molecule has 2 rings (SSSR count). The number of nitrogens with zero attached hydrogens (tertiary/aromatic N) is 1. The number of carboxylic acids is 1. The van der Waals surface area contributed by atoms with Crippen molar-refractivity contribution in [1.82, 2.24) is 4.90 Å². The van der Waals surface area contributed by atoms with Crippen molar-refractivity contribution < 1.29 is 14.7 Å². The highest BCUT2D eigenvalue weighted by atomic mass is 16.4. The molecule has 2 fully saturated rings. The van der Waals surface area contributed by atoms with E-state index in [-0.39, 0.29) is 6.42 Å². The number of aliphatic carboxylic acids is 1. The van der Waals surface area contributed by atoms with Crippen molar-refractivity contribution in [2.24, 2.45) is 5.73 Å². The van der Waals surface area contributed by atoms with Crippen LogP contribution in [-0.4, -0.2) is 40.0 Å². The molecule has 2 saturated carbocycles. The Morgan fingerprint density at radius 2 is 1.75 bits per heavy atom. The Balaban J connectivity index is 1.97. The van der Waals surface area contributed by atoms with Crippen LogP contribution >= 0.6 is 0 Å². The zero-order valence-corrected chi connectivity index (χ0v) is 9.26. The molecule has 0 spiro atoms. The fourth-order valence-corrected chi connectivity index (χ4v) is 2.23. The predicted molar refractivity (Wildman–Crippen MR) is 57.7 cm³/mol. The molecule has 0 unspecified atom stereocenters. The van der Waals surface area contributed by atoms with E-state index in [4.69, 9.17) is 5.73 Å². The van der Waals surface area contributed by atoms with E-state index in [1.807, 2.05) is 0 Å². The van der Waals surface area contributed by atoms with Crippen molar-refractivity contribution in [1.29, 1.82) is 0 Å². The molecule has 0 aromatic heterocycles. The maximum atomic E-state index is 11.2. The van der Waals surface area contributed by atoms with Gasteiger partial charge in [0, 0.05) is 18.5 Å². The molecule has 2 aliphatic rings. The summed E-state index contributed by atoms with van der Waals surface area (Å²) in [5.41, 5.74) is 5.07. The number of nitrogens with two attached hydrogens (primary N) is 1. The Hall–Kier alpha value is -1.10. The highest BCUT2D eigenvalue weighted by Gasteiger charge is 2.45. The lowest BCUT2D eigenvalue weighted by Crippen LogP contribution is -2.44. The molecule has 0 saturated heterocycles. The van der Waals surface area contributed by atoms with Gasteiger partial charge in [-0.05, 0) is 32.1 Å². The van der Waals surface area contributed by atoms with Crippen molar-refractivity contribution in [3.8, 4) is 0 Å². The Morgan fingerprint density at radius 1 is 1.25 bits per heavy atom. The van der Waals surface area contributed by atoms with Crippen molar-refractivity contribution in [3.63, 3.8) is 0 Å². The summed E-state index contributed by atoms with van der Waals surface area (Å²) in [6, 6.07) is 0.343. The van der Waals surface area contributed by atoms with Crippen LogP contribution in [0.15, 0.2) is 0 Å². The van der Waals surface area contributed by atoms with Gasteiger partial charge in [0.15, 0.2) is 0 Å². The monoisotopic (exact) mass is 226 g/mol. The Kier molecular flexibility index (Phi) is 3.14. The number of hydrogen-bond donors (Lipinski definition) is 2. The SMILES string of the molecule is NC(=O)CC[C@@H](C(=O)O)N(C1CC1)C1CC1. The summed E-state index contributed by atoms with van der Waals surface area (Å²) in [6.45, 7) is 0. The number of primary amides is 1. The Bertz CT molecular complexity index is 286. The lowest BCUT2D eigenvalue weighted by molar-refractivity contribution is -0.144. The number of carbonyl (C=O) groups is 2. The first-order valence-electron chi connectivity index (χ1n) is 5.88.